The predicted octanol–water partition coefficient (Wildman–Crippen LogP) is 7.27. The number of carbonyl (C=O) groups is 1. The smallest absolute Gasteiger partial charge is 0.303 e. The Kier molecular flexibility index (Phi) is 7.26. The van der Waals surface area contributed by atoms with E-state index in [2.05, 4.69) is 37.4 Å². The number of esters is 1. The van der Waals surface area contributed by atoms with Gasteiger partial charge in [0.1, 0.15) is 36.3 Å². The first kappa shape index (κ1) is 26.7. The highest BCUT2D eigenvalue weighted by atomic mass is 19.1. The third-order valence-electron chi connectivity index (χ3n) is 7.59. The molecule has 1 N–H and O–H groups in total. The zero-order chi connectivity index (χ0) is 28.5. The number of rotatable bonds is 8. The van der Waals surface area contributed by atoms with Gasteiger partial charge in [-0.1, -0.05) is 36.4 Å². The molecule has 0 saturated carbocycles. The van der Waals surface area contributed by atoms with Crippen LogP contribution in [0.5, 0.6) is 17.2 Å². The third kappa shape index (κ3) is 5.44. The topological polar surface area (TPSA) is 66.0 Å². The summed E-state index contributed by atoms with van der Waals surface area (Å²) in [5.74, 6) is 1.83. The van der Waals surface area contributed by atoms with Crippen LogP contribution in [-0.4, -0.2) is 25.8 Å². The van der Waals surface area contributed by atoms with Crippen LogP contribution in [0.3, 0.4) is 0 Å². The van der Waals surface area contributed by atoms with E-state index in [1.54, 1.807) is 12.1 Å². The normalized spacial score (nSPS) is 16.8. The first-order valence-corrected chi connectivity index (χ1v) is 13.8. The molecule has 6 nitrogen and oxygen atoms in total. The van der Waals surface area contributed by atoms with Gasteiger partial charge in [-0.05, 0) is 66.4 Å². The Hall–Kier alpha value is -4.52. The monoisotopic (exact) mass is 553 g/mol. The highest BCUT2D eigenvalue weighted by Crippen LogP contribution is 2.45. The summed E-state index contributed by atoms with van der Waals surface area (Å²) in [4.78, 5) is 11.4. The van der Waals surface area contributed by atoms with Crippen molar-refractivity contribution in [3.8, 4) is 28.4 Å². The Morgan fingerprint density at radius 1 is 0.951 bits per heavy atom. The van der Waals surface area contributed by atoms with Crippen molar-refractivity contribution in [1.29, 1.82) is 0 Å². The summed E-state index contributed by atoms with van der Waals surface area (Å²) in [6.07, 6.45) is 0.133. The van der Waals surface area contributed by atoms with Crippen LogP contribution in [0, 0.1) is 19.7 Å². The standard InChI is InChI=1S/C34H32FNO5/c1-20-15-25(38-14-13-23-7-4-5-10-29(23)35)16-21(2)33(20)28-9-6-8-26-30(18-40-34(26)28)36-24-11-12-27-31(17-24)39-19-32(27)41-22(3)37/h4-12,15-17,30,32,36H,13-14,18-19H2,1-3H3/t30-,32-/m1/s1. The van der Waals surface area contributed by atoms with Crippen molar-refractivity contribution in [2.45, 2.75) is 39.3 Å². The number of para-hydroxylation sites is 1. The van der Waals surface area contributed by atoms with E-state index in [4.69, 9.17) is 18.9 Å². The molecule has 0 amide bonds. The predicted molar refractivity (Wildman–Crippen MR) is 155 cm³/mol. The second kappa shape index (κ2) is 11.2. The molecule has 2 aliphatic rings. The van der Waals surface area contributed by atoms with Crippen LogP contribution in [0.2, 0.25) is 0 Å². The van der Waals surface area contributed by atoms with Crippen molar-refractivity contribution in [2.75, 3.05) is 25.1 Å². The van der Waals surface area contributed by atoms with Gasteiger partial charge < -0.3 is 24.3 Å². The minimum atomic E-state index is -0.371. The lowest BCUT2D eigenvalue weighted by Crippen LogP contribution is -2.12. The number of fused-ring (bicyclic) bond motifs is 2. The molecule has 2 atom stereocenters. The molecule has 0 fully saturated rings. The van der Waals surface area contributed by atoms with E-state index in [1.807, 2.05) is 36.4 Å². The van der Waals surface area contributed by atoms with E-state index < -0.39 is 0 Å². The number of aryl methyl sites for hydroxylation is 2. The van der Waals surface area contributed by atoms with Gasteiger partial charge in [0.05, 0.1) is 12.6 Å². The molecule has 41 heavy (non-hydrogen) atoms. The van der Waals surface area contributed by atoms with Crippen molar-refractivity contribution < 1.29 is 28.1 Å². The van der Waals surface area contributed by atoms with Gasteiger partial charge >= 0.3 is 5.97 Å². The molecule has 4 aromatic carbocycles. The first-order chi connectivity index (χ1) is 19.9. The molecule has 0 spiro atoms. The average Bonchev–Trinajstić information content (AvgIpc) is 3.53. The molecule has 0 aromatic heterocycles. The van der Waals surface area contributed by atoms with Crippen LogP contribution in [0.4, 0.5) is 10.1 Å². The highest BCUT2D eigenvalue weighted by molar-refractivity contribution is 5.79. The van der Waals surface area contributed by atoms with Crippen molar-refractivity contribution in [3.63, 3.8) is 0 Å². The van der Waals surface area contributed by atoms with E-state index in [1.165, 1.54) is 13.0 Å². The minimum Gasteiger partial charge on any atom is -0.493 e. The quantitative estimate of drug-likeness (QED) is 0.232. The summed E-state index contributed by atoms with van der Waals surface area (Å²) in [6, 6.07) is 22.9. The van der Waals surface area contributed by atoms with Gasteiger partial charge in [0, 0.05) is 41.8 Å². The van der Waals surface area contributed by atoms with Crippen molar-refractivity contribution in [3.05, 3.63) is 106 Å². The van der Waals surface area contributed by atoms with Gasteiger partial charge in [-0.2, -0.15) is 0 Å². The van der Waals surface area contributed by atoms with E-state index >= 15 is 0 Å². The van der Waals surface area contributed by atoms with Gasteiger partial charge in [0.25, 0.3) is 0 Å². The van der Waals surface area contributed by atoms with Gasteiger partial charge in [0.2, 0.25) is 0 Å². The lowest BCUT2D eigenvalue weighted by Gasteiger charge is -2.17. The van der Waals surface area contributed by atoms with Gasteiger partial charge in [-0.25, -0.2) is 4.39 Å². The zero-order valence-electron chi connectivity index (χ0n) is 23.3. The van der Waals surface area contributed by atoms with Crippen molar-refractivity contribution in [2.24, 2.45) is 0 Å². The maximum absolute atomic E-state index is 14.0. The molecule has 0 bridgehead atoms. The maximum atomic E-state index is 14.0. The highest BCUT2D eigenvalue weighted by Gasteiger charge is 2.30. The van der Waals surface area contributed by atoms with Crippen LogP contribution in [-0.2, 0) is 16.0 Å². The van der Waals surface area contributed by atoms with Crippen LogP contribution >= 0.6 is 0 Å². The Morgan fingerprint density at radius 2 is 1.76 bits per heavy atom. The molecule has 6 rings (SSSR count). The molecule has 2 heterocycles. The minimum absolute atomic E-state index is 0.0322. The number of anilines is 1. The molecular weight excluding hydrogens is 521 g/mol. The SMILES string of the molecule is CC(=O)O[C@@H]1COc2cc(N[C@@H]3COc4c(-c5c(C)cc(OCCc6ccccc6F)cc5C)cccc43)ccc21. The van der Waals surface area contributed by atoms with Crippen LogP contribution < -0.4 is 19.5 Å². The Balaban J connectivity index is 1.18. The Labute approximate surface area is 239 Å². The lowest BCUT2D eigenvalue weighted by molar-refractivity contribution is -0.147. The fourth-order valence-electron chi connectivity index (χ4n) is 5.74. The third-order valence-corrected chi connectivity index (χ3v) is 7.59. The summed E-state index contributed by atoms with van der Waals surface area (Å²) >= 11 is 0. The Bertz CT molecular complexity index is 1590. The number of carbonyl (C=O) groups excluding carboxylic acids is 1. The summed E-state index contributed by atoms with van der Waals surface area (Å²) in [5, 5.41) is 3.58. The zero-order valence-corrected chi connectivity index (χ0v) is 23.3. The molecule has 0 radical (unpaired) electrons. The number of hydrogen-bond acceptors (Lipinski definition) is 6. The second-order valence-electron chi connectivity index (χ2n) is 10.5. The fraction of sp³-hybridized carbons (Fsp3) is 0.265. The molecular formula is C34H32FNO5. The molecule has 0 saturated heterocycles. The number of ether oxygens (including phenoxy) is 4. The second-order valence-corrected chi connectivity index (χ2v) is 10.5. The molecule has 0 unspecified atom stereocenters. The molecule has 210 valence electrons. The van der Waals surface area contributed by atoms with Crippen LogP contribution in [0.25, 0.3) is 11.1 Å². The van der Waals surface area contributed by atoms with E-state index in [-0.39, 0.29) is 23.9 Å². The molecule has 4 aromatic rings. The molecule has 7 heteroatoms. The summed E-state index contributed by atoms with van der Waals surface area (Å²) < 4.78 is 37.4. The van der Waals surface area contributed by atoms with Gasteiger partial charge in [0.15, 0.2) is 6.10 Å². The number of benzene rings is 4. The Morgan fingerprint density at radius 3 is 2.54 bits per heavy atom. The molecule has 2 aliphatic heterocycles. The lowest BCUT2D eigenvalue weighted by atomic mass is 9.92. The molecule has 0 aliphatic carbocycles. The van der Waals surface area contributed by atoms with E-state index in [9.17, 15) is 9.18 Å². The number of halogens is 1. The number of nitrogens with one attached hydrogen (secondary N) is 1. The van der Waals surface area contributed by atoms with Gasteiger partial charge in [-0.15, -0.1) is 0 Å². The average molecular weight is 554 g/mol. The summed E-state index contributed by atoms with van der Waals surface area (Å²) in [7, 11) is 0. The number of hydrogen-bond donors (Lipinski definition) is 1. The van der Waals surface area contributed by atoms with Crippen molar-refractivity contribution >= 4 is 11.7 Å². The summed E-state index contributed by atoms with van der Waals surface area (Å²) in [5.41, 5.74) is 7.84. The van der Waals surface area contributed by atoms with Crippen LogP contribution in [0.15, 0.2) is 72.8 Å². The van der Waals surface area contributed by atoms with Crippen molar-refractivity contribution in [1.82, 2.24) is 0 Å². The van der Waals surface area contributed by atoms with Crippen LogP contribution in [0.1, 0.15) is 46.9 Å². The first-order valence-electron chi connectivity index (χ1n) is 13.8. The van der Waals surface area contributed by atoms with E-state index in [0.29, 0.717) is 31.8 Å². The maximum Gasteiger partial charge on any atom is 0.303 e. The largest absolute Gasteiger partial charge is 0.493 e. The van der Waals surface area contributed by atoms with Gasteiger partial charge in [-0.3, -0.25) is 4.79 Å². The fourth-order valence-corrected chi connectivity index (χ4v) is 5.74. The summed E-state index contributed by atoms with van der Waals surface area (Å²) in [6.45, 7) is 6.77. The van der Waals surface area contributed by atoms with E-state index in [0.717, 1.165) is 56.3 Å².